The van der Waals surface area contributed by atoms with Gasteiger partial charge in [-0.05, 0) is 37.6 Å². The highest BCUT2D eigenvalue weighted by atomic mass is 16.5. The maximum absolute atomic E-state index is 10.3. The van der Waals surface area contributed by atoms with Gasteiger partial charge in [0.05, 0.1) is 24.4 Å². The second kappa shape index (κ2) is 6.90. The Morgan fingerprint density at radius 3 is 2.75 bits per heavy atom. The number of nitrogens with one attached hydrogen (secondary N) is 1. The van der Waals surface area contributed by atoms with Gasteiger partial charge < -0.3 is 15.2 Å². The molecule has 1 aromatic carbocycles. The van der Waals surface area contributed by atoms with Crippen LogP contribution in [0.5, 0.6) is 5.88 Å². The number of anilines is 2. The van der Waals surface area contributed by atoms with Crippen LogP contribution in [0.2, 0.25) is 0 Å². The third kappa shape index (κ3) is 3.37. The molecule has 8 nitrogen and oxygen atoms in total. The van der Waals surface area contributed by atoms with Gasteiger partial charge in [0, 0.05) is 17.6 Å². The first kappa shape index (κ1) is 17.9. The molecule has 0 unspecified atom stereocenters. The fraction of sp³-hybridized carbons (Fsp3) is 0.200. The Hall–Kier alpha value is -3.52. The average Bonchev–Trinajstić information content (AvgIpc) is 3.11. The van der Waals surface area contributed by atoms with Crippen molar-refractivity contribution in [3.8, 4) is 11.7 Å². The lowest BCUT2D eigenvalue weighted by molar-refractivity contribution is 0.0787. The van der Waals surface area contributed by atoms with Crippen LogP contribution in [0, 0.1) is 0 Å². The molecular formula is C20H20N6O2. The van der Waals surface area contributed by atoms with Crippen LogP contribution in [0.3, 0.4) is 0 Å². The van der Waals surface area contributed by atoms with Crippen molar-refractivity contribution in [2.75, 3.05) is 12.4 Å². The second-order valence-electron chi connectivity index (χ2n) is 6.84. The van der Waals surface area contributed by atoms with Crippen LogP contribution < -0.4 is 10.1 Å². The van der Waals surface area contributed by atoms with E-state index in [9.17, 15) is 5.11 Å². The number of nitrogens with zero attached hydrogens (tertiary/aromatic N) is 5. The summed E-state index contributed by atoms with van der Waals surface area (Å²) in [5.74, 6) is 1.66. The van der Waals surface area contributed by atoms with Crippen LogP contribution in [0.1, 0.15) is 19.4 Å². The van der Waals surface area contributed by atoms with Gasteiger partial charge in [0.2, 0.25) is 5.88 Å². The van der Waals surface area contributed by atoms with Gasteiger partial charge in [-0.1, -0.05) is 12.1 Å². The number of aromatic nitrogens is 5. The maximum atomic E-state index is 10.3. The number of hydrogen-bond acceptors (Lipinski definition) is 7. The second-order valence-corrected chi connectivity index (χ2v) is 6.84. The summed E-state index contributed by atoms with van der Waals surface area (Å²) in [5, 5.41) is 18.9. The minimum atomic E-state index is -0.946. The molecule has 3 heterocycles. The standard InChI is InChI=1S/C20H20N6O2/c1-20(2,27)14-7-6-13-11-24-26(16(13)9-14)18-10-17(22-12-23-18)25-15-5-4-8-21-19(15)28-3/h4-12,27H,1-3H3,(H,22,23,25). The van der Waals surface area contributed by atoms with Crippen LogP contribution in [0.15, 0.2) is 55.1 Å². The molecule has 0 aliphatic carbocycles. The van der Waals surface area contributed by atoms with E-state index in [2.05, 4.69) is 25.4 Å². The first-order valence-corrected chi connectivity index (χ1v) is 8.75. The van der Waals surface area contributed by atoms with Gasteiger partial charge >= 0.3 is 0 Å². The SMILES string of the molecule is COc1ncccc1Nc1cc(-n2ncc3ccc(C(C)(C)O)cc32)ncn1. The lowest BCUT2D eigenvalue weighted by Gasteiger charge is -2.17. The molecule has 0 bridgehead atoms. The lowest BCUT2D eigenvalue weighted by Crippen LogP contribution is -2.15. The average molecular weight is 376 g/mol. The normalized spacial score (nSPS) is 11.6. The molecule has 0 atom stereocenters. The fourth-order valence-electron chi connectivity index (χ4n) is 2.90. The highest BCUT2D eigenvalue weighted by Crippen LogP contribution is 2.27. The topological polar surface area (TPSA) is 98.0 Å². The van der Waals surface area contributed by atoms with E-state index >= 15 is 0 Å². The Morgan fingerprint density at radius 2 is 1.96 bits per heavy atom. The highest BCUT2D eigenvalue weighted by Gasteiger charge is 2.18. The van der Waals surface area contributed by atoms with Crippen molar-refractivity contribution in [3.05, 3.63) is 60.7 Å². The molecule has 0 spiro atoms. The summed E-state index contributed by atoms with van der Waals surface area (Å²) in [6, 6.07) is 11.2. The fourth-order valence-corrected chi connectivity index (χ4v) is 2.90. The molecule has 0 aliphatic heterocycles. The molecule has 0 saturated carbocycles. The van der Waals surface area contributed by atoms with Crippen LogP contribution in [0.4, 0.5) is 11.5 Å². The number of ether oxygens (including phenoxy) is 1. The van der Waals surface area contributed by atoms with Crippen molar-refractivity contribution in [2.45, 2.75) is 19.4 Å². The molecule has 4 rings (SSSR count). The van der Waals surface area contributed by atoms with Gasteiger partial charge in [0.1, 0.15) is 17.8 Å². The lowest BCUT2D eigenvalue weighted by atomic mass is 9.97. The zero-order valence-corrected chi connectivity index (χ0v) is 15.8. The van der Waals surface area contributed by atoms with Crippen LogP contribution in [-0.4, -0.2) is 36.9 Å². The predicted octanol–water partition coefficient (Wildman–Crippen LogP) is 3.19. The molecule has 4 aromatic rings. The summed E-state index contributed by atoms with van der Waals surface area (Å²) < 4.78 is 6.98. The molecule has 142 valence electrons. The summed E-state index contributed by atoms with van der Waals surface area (Å²) in [6.07, 6.45) is 4.89. The summed E-state index contributed by atoms with van der Waals surface area (Å²) in [4.78, 5) is 12.8. The zero-order chi connectivity index (χ0) is 19.7. The third-order valence-corrected chi connectivity index (χ3v) is 4.37. The number of hydrogen-bond donors (Lipinski definition) is 2. The number of rotatable bonds is 5. The van der Waals surface area contributed by atoms with E-state index in [1.165, 1.54) is 6.33 Å². The number of methoxy groups -OCH3 is 1. The molecule has 3 aromatic heterocycles. The first-order chi connectivity index (χ1) is 13.5. The van der Waals surface area contributed by atoms with Crippen LogP contribution >= 0.6 is 0 Å². The number of pyridine rings is 1. The van der Waals surface area contributed by atoms with E-state index in [-0.39, 0.29) is 0 Å². The molecule has 0 fully saturated rings. The van der Waals surface area contributed by atoms with E-state index in [0.717, 1.165) is 16.5 Å². The Bertz CT molecular complexity index is 1130. The summed E-state index contributed by atoms with van der Waals surface area (Å²) >= 11 is 0. The van der Waals surface area contributed by atoms with E-state index in [1.807, 2.05) is 30.3 Å². The minimum Gasteiger partial charge on any atom is -0.480 e. The molecule has 0 saturated heterocycles. The number of benzene rings is 1. The van der Waals surface area contributed by atoms with Gasteiger partial charge in [-0.15, -0.1) is 0 Å². The Labute approximate surface area is 161 Å². The quantitative estimate of drug-likeness (QED) is 0.552. The Balaban J connectivity index is 1.73. The molecule has 2 N–H and O–H groups in total. The van der Waals surface area contributed by atoms with Gasteiger partial charge in [-0.2, -0.15) is 5.10 Å². The largest absolute Gasteiger partial charge is 0.480 e. The van der Waals surface area contributed by atoms with Crippen molar-refractivity contribution < 1.29 is 9.84 Å². The van der Waals surface area contributed by atoms with Crippen molar-refractivity contribution in [1.82, 2.24) is 24.7 Å². The molecule has 8 heteroatoms. The maximum Gasteiger partial charge on any atom is 0.237 e. The van der Waals surface area contributed by atoms with Gasteiger partial charge in [0.25, 0.3) is 0 Å². The molecule has 0 aliphatic rings. The highest BCUT2D eigenvalue weighted by molar-refractivity contribution is 5.81. The molecular weight excluding hydrogens is 356 g/mol. The monoisotopic (exact) mass is 376 g/mol. The first-order valence-electron chi connectivity index (χ1n) is 8.75. The zero-order valence-electron chi connectivity index (χ0n) is 15.8. The third-order valence-electron chi connectivity index (χ3n) is 4.37. The number of aliphatic hydroxyl groups is 1. The van der Waals surface area contributed by atoms with E-state index < -0.39 is 5.60 Å². The van der Waals surface area contributed by atoms with Crippen LogP contribution in [-0.2, 0) is 5.60 Å². The van der Waals surface area contributed by atoms with Crippen molar-refractivity contribution in [3.63, 3.8) is 0 Å². The smallest absolute Gasteiger partial charge is 0.237 e. The van der Waals surface area contributed by atoms with Gasteiger partial charge in [-0.3, -0.25) is 0 Å². The van der Waals surface area contributed by atoms with E-state index in [1.54, 1.807) is 44.1 Å². The van der Waals surface area contributed by atoms with Crippen molar-refractivity contribution in [1.29, 1.82) is 0 Å². The van der Waals surface area contributed by atoms with Crippen LogP contribution in [0.25, 0.3) is 16.7 Å². The molecule has 0 radical (unpaired) electrons. The summed E-state index contributed by atoms with van der Waals surface area (Å²) in [7, 11) is 1.56. The Kier molecular flexibility index (Phi) is 4.40. The number of fused-ring (bicyclic) bond motifs is 1. The Morgan fingerprint density at radius 1 is 1.11 bits per heavy atom. The van der Waals surface area contributed by atoms with Gasteiger partial charge in [0.15, 0.2) is 5.82 Å². The molecule has 28 heavy (non-hydrogen) atoms. The van der Waals surface area contributed by atoms with Crippen molar-refractivity contribution in [2.24, 2.45) is 0 Å². The predicted molar refractivity (Wildman–Crippen MR) is 106 cm³/mol. The summed E-state index contributed by atoms with van der Waals surface area (Å²) in [5.41, 5.74) is 1.40. The summed E-state index contributed by atoms with van der Waals surface area (Å²) in [6.45, 7) is 3.51. The van der Waals surface area contributed by atoms with E-state index in [4.69, 9.17) is 4.74 Å². The van der Waals surface area contributed by atoms with Crippen molar-refractivity contribution >= 4 is 22.4 Å². The van der Waals surface area contributed by atoms with Gasteiger partial charge in [-0.25, -0.2) is 19.6 Å². The minimum absolute atomic E-state index is 0.474. The molecule has 0 amide bonds. The van der Waals surface area contributed by atoms with E-state index in [0.29, 0.717) is 23.2 Å².